The predicted molar refractivity (Wildman–Crippen MR) is 147 cm³/mol. The van der Waals surface area contributed by atoms with Crippen LogP contribution < -0.4 is 25.5 Å². The van der Waals surface area contributed by atoms with Crippen molar-refractivity contribution in [2.24, 2.45) is 5.10 Å². The highest BCUT2D eigenvalue weighted by atomic mass is 35.5. The number of carbonyl (C=O) groups is 3. The van der Waals surface area contributed by atoms with Crippen LogP contribution in [0.2, 0.25) is 10.0 Å². The number of hydrazone groups is 1. The van der Waals surface area contributed by atoms with Crippen LogP contribution in [0.4, 0.5) is 5.69 Å². The van der Waals surface area contributed by atoms with Gasteiger partial charge in [0.2, 0.25) is 0 Å². The molecular weight excluding hydrogens is 531 g/mol. The quantitative estimate of drug-likeness (QED) is 0.193. The van der Waals surface area contributed by atoms with E-state index in [0.29, 0.717) is 34.4 Å². The summed E-state index contributed by atoms with van der Waals surface area (Å²) in [4.78, 5) is 36.3. The number of nitrogens with one attached hydrogen (secondary N) is 3. The van der Waals surface area contributed by atoms with E-state index in [4.69, 9.17) is 32.7 Å². The van der Waals surface area contributed by atoms with E-state index >= 15 is 0 Å². The summed E-state index contributed by atoms with van der Waals surface area (Å²) in [7, 11) is 0. The molecule has 0 aliphatic rings. The SMILES string of the molecule is CCOc1cc(/C=N\NC(=O)C(=O)NCc2ccc(C)cc2)ccc1OCC(=O)Nc1cccc(Cl)c1Cl. The van der Waals surface area contributed by atoms with Gasteiger partial charge in [0.1, 0.15) is 0 Å². The van der Waals surface area contributed by atoms with E-state index < -0.39 is 17.7 Å². The van der Waals surface area contributed by atoms with Gasteiger partial charge in [-0.2, -0.15) is 5.10 Å². The minimum Gasteiger partial charge on any atom is -0.490 e. The summed E-state index contributed by atoms with van der Waals surface area (Å²) in [5.41, 5.74) is 5.10. The Bertz CT molecular complexity index is 1330. The molecule has 9 nitrogen and oxygen atoms in total. The number of carbonyl (C=O) groups excluding carboxylic acids is 3. The Morgan fingerprint density at radius 3 is 2.45 bits per heavy atom. The van der Waals surface area contributed by atoms with Crippen molar-refractivity contribution in [1.29, 1.82) is 0 Å². The zero-order chi connectivity index (χ0) is 27.5. The van der Waals surface area contributed by atoms with Crippen molar-refractivity contribution in [3.05, 3.63) is 87.4 Å². The number of halogens is 2. The molecule has 0 aromatic heterocycles. The Morgan fingerprint density at radius 2 is 1.71 bits per heavy atom. The van der Waals surface area contributed by atoms with E-state index in [-0.39, 0.29) is 18.2 Å². The molecule has 0 saturated heterocycles. The van der Waals surface area contributed by atoms with Crippen molar-refractivity contribution >= 4 is 52.8 Å². The number of nitrogens with zero attached hydrogens (tertiary/aromatic N) is 1. The van der Waals surface area contributed by atoms with Crippen LogP contribution in [0.25, 0.3) is 0 Å². The highest BCUT2D eigenvalue weighted by Gasteiger charge is 2.13. The standard InChI is InChI=1S/C27H26Cl2N4O5/c1-3-37-23-13-19(15-31-33-27(36)26(35)30-14-18-9-7-17(2)8-10-18)11-12-22(23)38-16-24(34)32-21-6-4-5-20(28)25(21)29/h4-13,15H,3,14,16H2,1-2H3,(H,30,35)(H,32,34)(H,33,36)/b31-15-. The van der Waals surface area contributed by atoms with Gasteiger partial charge in [-0.3, -0.25) is 14.4 Å². The molecular formula is C27H26Cl2N4O5. The van der Waals surface area contributed by atoms with Gasteiger partial charge in [0.05, 0.1) is 28.6 Å². The first-order chi connectivity index (χ1) is 18.3. The van der Waals surface area contributed by atoms with Crippen LogP contribution >= 0.6 is 23.2 Å². The molecule has 0 heterocycles. The zero-order valence-corrected chi connectivity index (χ0v) is 22.2. The van der Waals surface area contributed by atoms with Crippen molar-refractivity contribution in [3.8, 4) is 11.5 Å². The second-order valence-corrected chi connectivity index (χ2v) is 8.73. The number of aryl methyl sites for hydroxylation is 1. The lowest BCUT2D eigenvalue weighted by Crippen LogP contribution is -2.37. The predicted octanol–water partition coefficient (Wildman–Crippen LogP) is 4.48. The maximum Gasteiger partial charge on any atom is 0.329 e. The molecule has 0 aliphatic carbocycles. The molecule has 38 heavy (non-hydrogen) atoms. The molecule has 3 aromatic rings. The summed E-state index contributed by atoms with van der Waals surface area (Å²) >= 11 is 12.1. The molecule has 198 valence electrons. The van der Waals surface area contributed by atoms with Crippen molar-refractivity contribution in [1.82, 2.24) is 10.7 Å². The maximum absolute atomic E-state index is 12.3. The summed E-state index contributed by atoms with van der Waals surface area (Å²) in [6, 6.07) is 17.4. The van der Waals surface area contributed by atoms with E-state index in [0.717, 1.165) is 11.1 Å². The van der Waals surface area contributed by atoms with Crippen LogP contribution in [0.3, 0.4) is 0 Å². The molecule has 0 atom stereocenters. The van der Waals surface area contributed by atoms with E-state index in [9.17, 15) is 14.4 Å². The van der Waals surface area contributed by atoms with Gasteiger partial charge >= 0.3 is 11.8 Å². The summed E-state index contributed by atoms with van der Waals surface area (Å²) < 4.78 is 11.2. The molecule has 11 heteroatoms. The lowest BCUT2D eigenvalue weighted by molar-refractivity contribution is -0.139. The Hall–Kier alpha value is -4.08. The minimum atomic E-state index is -0.899. The molecule has 3 N–H and O–H groups in total. The number of anilines is 1. The third-order valence-electron chi connectivity index (χ3n) is 5.01. The number of rotatable bonds is 10. The van der Waals surface area contributed by atoms with Gasteiger partial charge < -0.3 is 20.1 Å². The van der Waals surface area contributed by atoms with Gasteiger partial charge in [-0.05, 0) is 55.3 Å². The molecule has 0 unspecified atom stereocenters. The molecule has 0 spiro atoms. The molecule has 0 saturated carbocycles. The summed E-state index contributed by atoms with van der Waals surface area (Å²) in [5.74, 6) is -1.45. The van der Waals surface area contributed by atoms with Gasteiger partial charge in [-0.25, -0.2) is 5.43 Å². The molecule has 0 fully saturated rings. The molecule has 0 aliphatic heterocycles. The summed E-state index contributed by atoms with van der Waals surface area (Å²) in [5, 5.41) is 9.55. The zero-order valence-electron chi connectivity index (χ0n) is 20.7. The van der Waals surface area contributed by atoms with Crippen LogP contribution in [0.5, 0.6) is 11.5 Å². The van der Waals surface area contributed by atoms with Crippen molar-refractivity contribution in [2.45, 2.75) is 20.4 Å². The highest BCUT2D eigenvalue weighted by molar-refractivity contribution is 6.44. The number of benzene rings is 3. The largest absolute Gasteiger partial charge is 0.490 e. The van der Waals surface area contributed by atoms with Crippen molar-refractivity contribution in [2.75, 3.05) is 18.5 Å². The third-order valence-corrected chi connectivity index (χ3v) is 5.83. The maximum atomic E-state index is 12.3. The number of ether oxygens (including phenoxy) is 2. The molecule has 0 radical (unpaired) electrons. The van der Waals surface area contributed by atoms with E-state index in [1.165, 1.54) is 6.21 Å². The van der Waals surface area contributed by atoms with Gasteiger partial charge in [0.15, 0.2) is 18.1 Å². The fourth-order valence-corrected chi connectivity index (χ4v) is 3.45. The van der Waals surface area contributed by atoms with Crippen LogP contribution in [0.15, 0.2) is 65.8 Å². The average molecular weight is 557 g/mol. The fourth-order valence-electron chi connectivity index (χ4n) is 3.11. The first kappa shape index (κ1) is 28.5. The van der Waals surface area contributed by atoms with Crippen LogP contribution in [-0.2, 0) is 20.9 Å². The van der Waals surface area contributed by atoms with Gasteiger partial charge in [-0.15, -0.1) is 0 Å². The highest BCUT2D eigenvalue weighted by Crippen LogP contribution is 2.30. The topological polar surface area (TPSA) is 118 Å². The molecule has 3 aromatic carbocycles. The smallest absolute Gasteiger partial charge is 0.329 e. The Kier molecular flexibility index (Phi) is 10.5. The number of hydrogen-bond donors (Lipinski definition) is 3. The van der Waals surface area contributed by atoms with Crippen LogP contribution in [0, 0.1) is 6.92 Å². The first-order valence-corrected chi connectivity index (χ1v) is 12.3. The second kappa shape index (κ2) is 14.0. The Morgan fingerprint density at radius 1 is 0.947 bits per heavy atom. The molecule has 3 amide bonds. The Balaban J connectivity index is 1.53. The van der Waals surface area contributed by atoms with E-state index in [2.05, 4.69) is 21.2 Å². The fraction of sp³-hybridized carbons (Fsp3) is 0.185. The minimum absolute atomic E-state index is 0.222. The molecule has 3 rings (SSSR count). The van der Waals surface area contributed by atoms with Crippen LogP contribution in [-0.4, -0.2) is 37.1 Å². The lowest BCUT2D eigenvalue weighted by atomic mass is 10.1. The Labute approximate surface area is 230 Å². The average Bonchev–Trinajstić information content (AvgIpc) is 2.90. The van der Waals surface area contributed by atoms with Crippen LogP contribution in [0.1, 0.15) is 23.6 Å². The van der Waals surface area contributed by atoms with E-state index in [1.807, 2.05) is 31.2 Å². The molecule has 0 bridgehead atoms. The number of hydrogen-bond acceptors (Lipinski definition) is 6. The second-order valence-electron chi connectivity index (χ2n) is 7.94. The lowest BCUT2D eigenvalue weighted by Gasteiger charge is -2.13. The third kappa shape index (κ3) is 8.50. The summed E-state index contributed by atoms with van der Waals surface area (Å²) in [6.07, 6.45) is 1.35. The van der Waals surface area contributed by atoms with E-state index in [1.54, 1.807) is 43.3 Å². The summed E-state index contributed by atoms with van der Waals surface area (Å²) in [6.45, 7) is 4.03. The van der Waals surface area contributed by atoms with Crippen molar-refractivity contribution in [3.63, 3.8) is 0 Å². The van der Waals surface area contributed by atoms with Gasteiger partial charge in [0, 0.05) is 6.54 Å². The monoisotopic (exact) mass is 556 g/mol. The van der Waals surface area contributed by atoms with Crippen molar-refractivity contribution < 1.29 is 23.9 Å². The first-order valence-electron chi connectivity index (χ1n) is 11.6. The number of amides is 3. The van der Waals surface area contributed by atoms with Gasteiger partial charge in [0.25, 0.3) is 5.91 Å². The van der Waals surface area contributed by atoms with Gasteiger partial charge in [-0.1, -0.05) is 59.1 Å². The normalized spacial score (nSPS) is 10.6.